The number of rotatable bonds is 45. The zero-order valence-corrected chi connectivity index (χ0v) is 58.9. The van der Waals surface area contributed by atoms with Gasteiger partial charge in [-0.05, 0) is 67.9 Å². The van der Waals surface area contributed by atoms with Crippen LogP contribution in [0.2, 0.25) is 0 Å². The number of hydrogen-bond donors (Lipinski definition) is 11. The van der Waals surface area contributed by atoms with Crippen molar-refractivity contribution in [2.45, 2.75) is 152 Å². The highest BCUT2D eigenvalue weighted by molar-refractivity contribution is 8.76. The minimum Gasteiger partial charge on any atom is -0.481 e. The topological polar surface area (TPSA) is 490 Å². The molecule has 0 radical (unpaired) electrons. The van der Waals surface area contributed by atoms with Gasteiger partial charge in [0.1, 0.15) is 25.3 Å². The van der Waals surface area contributed by atoms with E-state index in [2.05, 4.69) is 36.6 Å². The first-order valence-corrected chi connectivity index (χ1v) is 36.3. The van der Waals surface area contributed by atoms with Gasteiger partial charge in [-0.3, -0.25) is 52.7 Å². The highest BCUT2D eigenvalue weighted by Crippen LogP contribution is 2.41. The summed E-state index contributed by atoms with van der Waals surface area (Å²) in [6, 6.07) is 21.5. The van der Waals surface area contributed by atoms with Gasteiger partial charge in [-0.1, -0.05) is 120 Å². The highest BCUT2D eigenvalue weighted by Gasteiger charge is 2.51. The van der Waals surface area contributed by atoms with Crippen molar-refractivity contribution >= 4 is 116 Å². The third-order valence-electron chi connectivity index (χ3n) is 17.3. The summed E-state index contributed by atoms with van der Waals surface area (Å²) in [7, 11) is 2.05. The normalized spacial score (nSPS) is 15.3. The second-order valence-electron chi connectivity index (χ2n) is 24.9. The van der Waals surface area contributed by atoms with E-state index in [-0.39, 0.29) is 100 Å². The molecule has 3 aromatic carbocycles. The van der Waals surface area contributed by atoms with Gasteiger partial charge in [0.05, 0.1) is 59.9 Å². The number of carboxylic acids is 4. The number of benzene rings is 3. The predicted octanol–water partition coefficient (Wildman–Crippen LogP) is 4.19. The molecule has 0 spiro atoms. The number of aliphatic carboxylic acids is 4. The molecule has 6 amide bonds. The quantitative estimate of drug-likeness (QED) is 0.00637. The number of ether oxygens (including phenoxy) is 4. The number of carboxylic acid groups (broad SMARTS) is 4. The highest BCUT2D eigenvalue weighted by atomic mass is 33.1. The monoisotopic (exact) mass is 1490 g/mol. The smallest absolute Gasteiger partial charge is 0.481 e. The van der Waals surface area contributed by atoms with Crippen molar-refractivity contribution < 1.29 is 106 Å². The van der Waals surface area contributed by atoms with Gasteiger partial charge in [0.25, 0.3) is 12.0 Å². The van der Waals surface area contributed by atoms with Crippen LogP contribution in [0, 0.1) is 11.8 Å². The van der Waals surface area contributed by atoms with Crippen LogP contribution < -0.4 is 43.2 Å². The van der Waals surface area contributed by atoms with Crippen LogP contribution in [-0.4, -0.2) is 175 Å². The molecule has 0 fully saturated rings. The van der Waals surface area contributed by atoms with E-state index in [1.54, 1.807) is 73.7 Å². The summed E-state index contributed by atoms with van der Waals surface area (Å²) in [6.45, 7) is 0.795. The number of nitrogens with two attached hydrogens (primary N) is 1. The Bertz CT molecular complexity index is 4050. The SMILES string of the molecule is CC[C@@]1(OC(=O)OCCSSC[C@H](CC(=O)[C@H](CC(=O)O)NC(=O)[C@@H](N)CNC(=O)[C@@H](CC(=O)[C@H](Cc2ccccc2)NC(=O)CCCCCCNC(=O)CC[C@H](NC(=O)N[C@@H](CCC(=O)O)OC=O)C(=O)O)Cc2ccccc2)C(=O)O)C(=O)OCc2c1cc1n(c2=O)Cc2cc3ccccc3nc2-1. The number of esters is 1. The van der Waals surface area contributed by atoms with E-state index >= 15 is 0 Å². The molecule has 562 valence electrons. The number of nitrogens with one attached hydrogen (secondary N) is 6. The van der Waals surface area contributed by atoms with Crippen molar-refractivity contribution in [1.82, 2.24) is 41.5 Å². The van der Waals surface area contributed by atoms with Crippen molar-refractivity contribution in [1.29, 1.82) is 0 Å². The summed E-state index contributed by atoms with van der Waals surface area (Å²) in [6.07, 6.45) is -4.07. The maximum absolute atomic E-state index is 14.3. The first-order valence-electron chi connectivity index (χ1n) is 33.8. The summed E-state index contributed by atoms with van der Waals surface area (Å²) in [5.41, 5.74) is 7.82. The molecule has 0 aliphatic carbocycles. The molecule has 2 aromatic heterocycles. The Morgan fingerprint density at radius 2 is 1.36 bits per heavy atom. The number of carbonyl (C=O) groups excluding carboxylic acids is 10. The fraction of sp³-hybridized carbons (Fsp3) is 0.437. The Kier molecular flexibility index (Phi) is 31.3. The van der Waals surface area contributed by atoms with Gasteiger partial charge in [0.2, 0.25) is 29.2 Å². The van der Waals surface area contributed by atoms with E-state index in [9.17, 15) is 87.2 Å². The van der Waals surface area contributed by atoms with E-state index in [1.807, 2.05) is 30.3 Å². The zero-order valence-electron chi connectivity index (χ0n) is 57.2. The van der Waals surface area contributed by atoms with E-state index in [4.69, 9.17) is 30.0 Å². The molecule has 0 saturated heterocycles. The first-order chi connectivity index (χ1) is 50.3. The maximum atomic E-state index is 14.3. The van der Waals surface area contributed by atoms with Gasteiger partial charge < -0.3 is 81.6 Å². The number of nitrogens with zero attached hydrogens (tertiary/aromatic N) is 2. The first kappa shape index (κ1) is 81.6. The molecule has 2 aliphatic rings. The number of unbranched alkanes of at least 4 members (excludes halogenated alkanes) is 3. The van der Waals surface area contributed by atoms with Crippen LogP contribution in [-0.2, 0) is 108 Å². The van der Waals surface area contributed by atoms with E-state index < -0.39 is 163 Å². The number of ketones is 2. The lowest BCUT2D eigenvalue weighted by atomic mass is 9.85. The van der Waals surface area contributed by atoms with Crippen molar-refractivity contribution in [3.8, 4) is 11.4 Å². The minimum absolute atomic E-state index is 0.00612. The van der Waals surface area contributed by atoms with E-state index in [0.29, 0.717) is 53.7 Å². The largest absolute Gasteiger partial charge is 0.509 e. The molecule has 12 N–H and O–H groups in total. The molecular weight excluding hydrogens is 1410 g/mol. The van der Waals surface area contributed by atoms with Gasteiger partial charge in [-0.25, -0.2) is 24.2 Å². The number of hydrogen-bond acceptors (Lipinski definition) is 23. The molecule has 4 heterocycles. The number of Topliss-reactive ketones (excluding diaryl/α,β-unsaturated/α-hetero) is 2. The fourth-order valence-electron chi connectivity index (χ4n) is 11.7. The average Bonchev–Trinajstić information content (AvgIpc) is 1.51. The second-order valence-corrected chi connectivity index (χ2v) is 27.5. The van der Waals surface area contributed by atoms with Gasteiger partial charge >= 0.3 is 42.0 Å². The van der Waals surface area contributed by atoms with Gasteiger partial charge in [-0.2, -0.15) is 0 Å². The van der Waals surface area contributed by atoms with Crippen molar-refractivity contribution in [3.05, 3.63) is 135 Å². The van der Waals surface area contributed by atoms with Gasteiger partial charge in [-0.15, -0.1) is 0 Å². The van der Waals surface area contributed by atoms with Crippen LogP contribution >= 0.6 is 21.6 Å². The molecule has 0 saturated carbocycles. The molecule has 8 atom stereocenters. The van der Waals surface area contributed by atoms with Gasteiger partial charge in [0, 0.05) is 79.1 Å². The van der Waals surface area contributed by atoms with Crippen molar-refractivity contribution in [2.75, 3.05) is 31.2 Å². The Morgan fingerprint density at radius 1 is 0.686 bits per heavy atom. The number of urea groups is 1. The van der Waals surface area contributed by atoms with Gasteiger partial charge in [0.15, 0.2) is 17.8 Å². The van der Waals surface area contributed by atoms with Crippen LogP contribution in [0.15, 0.2) is 102 Å². The molecule has 5 aromatic rings. The molecule has 32 nitrogen and oxygen atoms in total. The minimum atomic E-state index is -2.05. The zero-order chi connectivity index (χ0) is 76.2. The van der Waals surface area contributed by atoms with Crippen molar-refractivity contribution in [3.63, 3.8) is 0 Å². The van der Waals surface area contributed by atoms with Crippen LogP contribution in [0.25, 0.3) is 22.3 Å². The van der Waals surface area contributed by atoms with Crippen LogP contribution in [0.4, 0.5) is 9.59 Å². The number of amides is 6. The maximum Gasteiger partial charge on any atom is 0.509 e. The number of aromatic nitrogens is 2. The number of fused-ring (bicyclic) bond motifs is 5. The number of pyridine rings is 2. The molecule has 0 unspecified atom stereocenters. The van der Waals surface area contributed by atoms with Crippen LogP contribution in [0.1, 0.15) is 118 Å². The average molecular weight is 1490 g/mol. The summed E-state index contributed by atoms with van der Waals surface area (Å²) in [5, 5.41) is 53.9. The Balaban J connectivity index is 0.853. The molecule has 7 rings (SSSR count). The molecular formula is C71H83N9O23S2. The third-order valence-corrected chi connectivity index (χ3v) is 19.7. The number of para-hydroxylation sites is 1. The lowest BCUT2D eigenvalue weighted by Gasteiger charge is -2.35. The van der Waals surface area contributed by atoms with Crippen molar-refractivity contribution in [2.24, 2.45) is 17.6 Å². The molecule has 2 aliphatic heterocycles. The second kappa shape index (κ2) is 40.4. The standard InChI is InChI=1S/C71H83N9O23S2/c1-2-71(48-34-54-62-45(31-43-19-12-13-20-50(43)76-62)37-80(54)65(92)47(48)38-101-68(71)97)103-70(99)100-27-28-104-105-39-46(66(93)94)33-56(83)53(35-61(88)89)77-64(91)49(72)36-74-63(90)44(29-41-15-7-5-8-16-41)32-55(82)52(30-42-17-9-6-10-18-42)75-58(85)21-11-3-4-14-26-73-57(84)23-22-51(67(95)96)78-69(98)79-59(102-40-81)24-25-60(86)87/h5-10,12-13,15-20,31,34,40,44,46,49,51-53,59H,2-4,11,14,21-30,32-33,35-39,72H2,1H3,(H,73,84)(H,74,90)(H,75,85)(H,77,91)(H,86,87)(H,88,89)(H,93,94)(H,95,96)(H2,78,79,98)/t44-,46+,49+,51+,52+,53+,59-,71+/m1/s1. The lowest BCUT2D eigenvalue weighted by molar-refractivity contribution is -0.175. The molecule has 0 bridgehead atoms. The van der Waals surface area contributed by atoms with E-state index in [0.717, 1.165) is 32.5 Å². The molecule has 34 heteroatoms. The summed E-state index contributed by atoms with van der Waals surface area (Å²) >= 11 is 0. The Morgan fingerprint density at radius 3 is 2.04 bits per heavy atom. The Labute approximate surface area is 609 Å². The summed E-state index contributed by atoms with van der Waals surface area (Å²) < 4.78 is 22.6. The number of carbonyl (C=O) groups is 14. The summed E-state index contributed by atoms with van der Waals surface area (Å²) in [4.78, 5) is 197. The Hall–Kier alpha value is -10.7. The fourth-order valence-corrected chi connectivity index (χ4v) is 13.8. The van der Waals surface area contributed by atoms with Crippen LogP contribution in [0.3, 0.4) is 0 Å². The van der Waals surface area contributed by atoms with E-state index in [1.165, 1.54) is 4.57 Å². The molecule has 105 heavy (non-hydrogen) atoms. The van der Waals surface area contributed by atoms with Crippen LogP contribution in [0.5, 0.6) is 0 Å². The summed E-state index contributed by atoms with van der Waals surface area (Å²) in [5.74, 6) is -13.4. The third kappa shape index (κ3) is 24.4. The lowest BCUT2D eigenvalue weighted by Crippen LogP contribution is -2.53. The number of cyclic esters (lactones) is 1. The predicted molar refractivity (Wildman–Crippen MR) is 377 cm³/mol.